The van der Waals surface area contributed by atoms with Crippen LogP contribution in [0, 0.1) is 0 Å². The zero-order valence-corrected chi connectivity index (χ0v) is 21.1. The lowest BCUT2D eigenvalue weighted by Gasteiger charge is -2.29. The van der Waals surface area contributed by atoms with Crippen LogP contribution in [0.3, 0.4) is 0 Å². The second-order valence-electron chi connectivity index (χ2n) is 7.73. The van der Waals surface area contributed by atoms with E-state index >= 15 is 0 Å². The maximum absolute atomic E-state index is 11.6. The zero-order valence-electron chi connectivity index (χ0n) is 17.6. The number of rotatable bonds is 9. The monoisotopic (exact) mass is 592 g/mol. The number of pyridine rings is 1. The highest BCUT2D eigenvalue weighted by molar-refractivity contribution is 7.72. The van der Waals surface area contributed by atoms with Gasteiger partial charge in [-0.1, -0.05) is 0 Å². The minimum Gasteiger partial charge on any atom is -0.367 e. The Morgan fingerprint density at radius 1 is 0.806 bits per heavy atom. The van der Waals surface area contributed by atoms with E-state index in [-0.39, 0.29) is 22.6 Å². The van der Waals surface area contributed by atoms with Crippen molar-refractivity contribution in [3.8, 4) is 11.3 Å². The van der Waals surface area contributed by atoms with Crippen molar-refractivity contribution >= 4 is 36.0 Å². The maximum Gasteiger partial charge on any atom is 0.371 e. The van der Waals surface area contributed by atoms with E-state index in [9.17, 15) is 67.6 Å². The Kier molecular flexibility index (Phi) is 7.26. The molecule has 0 aromatic carbocycles. The molecule has 0 amide bonds. The highest BCUT2D eigenvalue weighted by Crippen LogP contribution is 2.69. The second-order valence-corrected chi connectivity index (χ2v) is 15.7. The van der Waals surface area contributed by atoms with Crippen LogP contribution < -0.4 is 0 Å². The van der Waals surface area contributed by atoms with Crippen molar-refractivity contribution < 1.29 is 67.6 Å². The maximum atomic E-state index is 11.6. The Morgan fingerprint density at radius 2 is 1.33 bits per heavy atom. The number of hydrogen-bond donors (Lipinski definition) is 10. The number of aromatic nitrogens is 4. The Hall–Kier alpha value is -1.58. The first-order valence-corrected chi connectivity index (χ1v) is 15.7. The summed E-state index contributed by atoms with van der Waals surface area (Å²) in [7, 11) is -22.9. The predicted molar refractivity (Wildman–Crippen MR) is 118 cm³/mol. The number of fused-ring (bicyclic) bond motifs is 1. The Balaban J connectivity index is 1.96. The Morgan fingerprint density at radius 3 is 1.83 bits per heavy atom. The first-order chi connectivity index (χ1) is 16.1. The predicted octanol–water partition coefficient (Wildman–Crippen LogP) is -1.26. The van der Waals surface area contributed by atoms with Gasteiger partial charge in [-0.3, -0.25) is 18.3 Å². The molecule has 0 bridgehead atoms. The molecule has 0 aliphatic heterocycles. The molecule has 0 spiro atoms. The molecule has 0 unspecified atom stereocenters. The van der Waals surface area contributed by atoms with Gasteiger partial charge in [-0.2, -0.15) is 0 Å². The van der Waals surface area contributed by atoms with Crippen LogP contribution in [-0.2, 0) is 31.2 Å². The van der Waals surface area contributed by atoms with Crippen molar-refractivity contribution in [1.82, 2.24) is 18.9 Å². The van der Waals surface area contributed by atoms with E-state index < -0.39 is 53.5 Å². The number of hydrogen-bond acceptors (Lipinski definition) is 8. The van der Waals surface area contributed by atoms with Crippen LogP contribution in [0.2, 0.25) is 0 Å². The fourth-order valence-corrected chi connectivity index (χ4v) is 7.28. The Labute approximate surface area is 200 Å². The van der Waals surface area contributed by atoms with Gasteiger partial charge in [0.05, 0.1) is 18.6 Å². The van der Waals surface area contributed by atoms with Crippen molar-refractivity contribution in [2.24, 2.45) is 0 Å². The van der Waals surface area contributed by atoms with Crippen LogP contribution in [0.4, 0.5) is 0 Å². The van der Waals surface area contributed by atoms with Gasteiger partial charge in [0.25, 0.3) is 10.2 Å². The van der Waals surface area contributed by atoms with Gasteiger partial charge in [-0.25, -0.2) is 9.97 Å². The average Bonchev–Trinajstić information content (AvgIpc) is 3.31. The quantitative estimate of drug-likeness (QED) is 0.130. The summed E-state index contributed by atoms with van der Waals surface area (Å²) in [5.41, 5.74) is 0.250. The molecule has 200 valence electrons. The van der Waals surface area contributed by atoms with Gasteiger partial charge in [0.1, 0.15) is 5.65 Å². The van der Waals surface area contributed by atoms with Gasteiger partial charge < -0.3 is 58.3 Å². The van der Waals surface area contributed by atoms with Crippen molar-refractivity contribution in [2.45, 2.75) is 23.1 Å². The summed E-state index contributed by atoms with van der Waals surface area (Å²) in [6, 6.07) is 2.68. The van der Waals surface area contributed by atoms with E-state index in [1.165, 1.54) is 18.3 Å². The van der Waals surface area contributed by atoms with Crippen LogP contribution in [0.15, 0.2) is 37.1 Å². The van der Waals surface area contributed by atoms with Gasteiger partial charge in [0, 0.05) is 36.3 Å². The van der Waals surface area contributed by atoms with Crippen molar-refractivity contribution in [3.63, 3.8) is 0 Å². The van der Waals surface area contributed by atoms with Gasteiger partial charge in [-0.05, 0) is 12.1 Å². The lowest BCUT2D eigenvalue weighted by molar-refractivity contribution is 0.115. The fraction of sp³-hybridized carbons (Fsp3) is 0.286. The molecule has 3 aromatic rings. The van der Waals surface area contributed by atoms with Crippen LogP contribution in [0.5, 0.6) is 0 Å². The molecule has 0 aliphatic rings. The van der Waals surface area contributed by atoms with Gasteiger partial charge >= 0.3 is 30.4 Å². The summed E-state index contributed by atoms with van der Waals surface area (Å²) < 4.78 is 48.3. The third-order valence-corrected chi connectivity index (χ3v) is 12.7. The minimum atomic E-state index is -5.72. The van der Waals surface area contributed by atoms with Crippen LogP contribution in [0.1, 0.15) is 5.69 Å². The summed E-state index contributed by atoms with van der Waals surface area (Å²) >= 11 is 0. The molecule has 0 fully saturated rings. The fourth-order valence-electron chi connectivity index (χ4n) is 3.14. The molecule has 36 heavy (non-hydrogen) atoms. The van der Waals surface area contributed by atoms with Gasteiger partial charge in [0.15, 0.2) is 0 Å². The first kappa shape index (κ1) is 29.0. The Bertz CT molecular complexity index is 1450. The highest BCUT2D eigenvalue weighted by Gasteiger charge is 2.60. The van der Waals surface area contributed by atoms with Gasteiger partial charge in [-0.15, -0.1) is 0 Å². The number of aliphatic hydroxyl groups is 2. The summed E-state index contributed by atoms with van der Waals surface area (Å²) in [5.74, 6) is 0. The third kappa shape index (κ3) is 5.07. The molecule has 0 saturated carbocycles. The van der Waals surface area contributed by atoms with Crippen molar-refractivity contribution in [1.29, 1.82) is 0 Å². The zero-order chi connectivity index (χ0) is 27.5. The van der Waals surface area contributed by atoms with Crippen LogP contribution in [-0.4, -0.2) is 78.5 Å². The summed E-state index contributed by atoms with van der Waals surface area (Å²) in [6.07, 6.45) is 3.14. The van der Waals surface area contributed by atoms with E-state index in [0.29, 0.717) is 0 Å². The average molecular weight is 592 g/mol. The molecule has 3 rings (SSSR count). The summed E-state index contributed by atoms with van der Waals surface area (Å²) in [4.78, 5) is 82.3. The van der Waals surface area contributed by atoms with E-state index in [1.54, 1.807) is 0 Å². The van der Waals surface area contributed by atoms with E-state index in [0.717, 1.165) is 27.7 Å². The summed E-state index contributed by atoms with van der Waals surface area (Å²) in [5, 5.41) is 12.8. The molecule has 22 heteroatoms. The van der Waals surface area contributed by atoms with Gasteiger partial charge in [0.2, 0.25) is 0 Å². The molecule has 18 nitrogen and oxygen atoms in total. The molecular formula is C14H20N4O14P4. The lowest BCUT2D eigenvalue weighted by atomic mass is 10.2. The molecule has 0 radical (unpaired) electrons. The highest BCUT2D eigenvalue weighted by atomic mass is 31.2. The van der Waals surface area contributed by atoms with Crippen LogP contribution in [0.25, 0.3) is 16.9 Å². The van der Waals surface area contributed by atoms with Crippen LogP contribution >= 0.6 is 30.4 Å². The molecule has 3 heterocycles. The number of nitrogens with zero attached hydrogens (tertiary/aromatic N) is 4. The van der Waals surface area contributed by atoms with Crippen molar-refractivity contribution in [2.75, 3.05) is 0 Å². The molecule has 0 aliphatic carbocycles. The van der Waals surface area contributed by atoms with Crippen molar-refractivity contribution in [3.05, 3.63) is 42.7 Å². The first-order valence-electron chi connectivity index (χ1n) is 9.26. The second kappa shape index (κ2) is 9.02. The molecule has 10 N–H and O–H groups in total. The topological polar surface area (TPSA) is 306 Å². The molecular weight excluding hydrogens is 572 g/mol. The standard InChI is InChI=1S/C14H20N4O14P4/c19-13(33(21,22)23,34(24,25)26)4-10-5-15-12-3-9(1-2-18(10)12)11-6-17(8-16-11)7-14(20,35(27,28)29)36(30,31)32/h1-3,5-6,8,19-20H,4,7H2,(H2,21,22,23)(H2,24,25,26)(H2,27,28,29)(H2,30,31,32). The number of imidazole rings is 2. The van der Waals surface area contributed by atoms with E-state index in [1.807, 2.05) is 0 Å². The summed E-state index contributed by atoms with van der Waals surface area (Å²) in [6.45, 7) is -1.21. The SMILES string of the molecule is O=P(O)(O)C(O)(Cc1cnc2cc(-c3cn(CC(O)(P(=O)(O)O)P(=O)(O)O)cn3)ccn12)P(=O)(O)O. The molecule has 0 atom stereocenters. The molecule has 3 aromatic heterocycles. The minimum absolute atomic E-state index is 0.0674. The third-order valence-electron chi connectivity index (χ3n) is 5.20. The normalized spacial score (nSPS) is 14.5. The van der Waals surface area contributed by atoms with E-state index in [2.05, 4.69) is 9.97 Å². The molecule has 0 saturated heterocycles. The van der Waals surface area contributed by atoms with E-state index in [4.69, 9.17) is 0 Å². The lowest BCUT2D eigenvalue weighted by Crippen LogP contribution is -2.33. The smallest absolute Gasteiger partial charge is 0.367 e. The largest absolute Gasteiger partial charge is 0.371 e.